The number of esters is 1. The number of thiophene rings is 1. The first kappa shape index (κ1) is 24.1. The van der Waals surface area contributed by atoms with Gasteiger partial charge >= 0.3 is 5.97 Å². The topological polar surface area (TPSA) is 75.6 Å². The lowest BCUT2D eigenvalue weighted by atomic mass is 9.91. The molecule has 0 spiro atoms. The molecule has 0 saturated heterocycles. The lowest BCUT2D eigenvalue weighted by Crippen LogP contribution is -2.50. The number of carbonyl (C=O) groups excluding carboxylic acids is 1. The Balaban J connectivity index is 1.65. The minimum Gasteiger partial charge on any atom is -0.459 e. The molecule has 1 fully saturated rings. The molecule has 3 atom stereocenters. The van der Waals surface area contributed by atoms with Gasteiger partial charge in [-0.2, -0.15) is 0 Å². The Labute approximate surface area is 205 Å². The summed E-state index contributed by atoms with van der Waals surface area (Å²) in [6, 6.07) is 20.4. The van der Waals surface area contributed by atoms with Gasteiger partial charge in [-0.25, -0.2) is 13.7 Å². The van der Waals surface area contributed by atoms with Crippen LogP contribution < -0.4 is 4.72 Å². The van der Waals surface area contributed by atoms with Gasteiger partial charge in [0.15, 0.2) is 0 Å². The molecule has 0 amide bonds. The van der Waals surface area contributed by atoms with Crippen molar-refractivity contribution in [3.8, 4) is 10.4 Å². The van der Waals surface area contributed by atoms with Crippen LogP contribution in [0.4, 0.5) is 0 Å². The molecular formula is C25H26ClNO4S2. The molecular weight excluding hydrogens is 478 g/mol. The predicted octanol–water partition coefficient (Wildman–Crippen LogP) is 5.10. The summed E-state index contributed by atoms with van der Waals surface area (Å²) < 4.78 is 22.7. The molecule has 1 saturated carbocycles. The van der Waals surface area contributed by atoms with Gasteiger partial charge in [-0.15, -0.1) is 11.3 Å². The lowest BCUT2D eigenvalue weighted by Gasteiger charge is -2.28. The quantitative estimate of drug-likeness (QED) is 0.440. The second-order valence-corrected chi connectivity index (χ2v) is 12.1. The van der Waals surface area contributed by atoms with Gasteiger partial charge in [-0.3, -0.25) is 0 Å². The second-order valence-electron chi connectivity index (χ2n) is 9.19. The molecule has 2 aromatic carbocycles. The maximum atomic E-state index is 13.4. The number of carbonyl (C=O) groups is 1. The molecule has 8 heteroatoms. The SMILES string of the molecule is CC(C)(C)OC(=O)C1(NS(=O)c2ccc(-c3ccc(Cl)cc3)s2)CC1(CO)c1ccccc1. The number of nitrogens with one attached hydrogen (secondary N) is 1. The fourth-order valence-electron chi connectivity index (χ4n) is 4.00. The Bertz CT molecular complexity index is 1170. The monoisotopic (exact) mass is 503 g/mol. The van der Waals surface area contributed by atoms with Crippen molar-refractivity contribution < 1.29 is 18.8 Å². The van der Waals surface area contributed by atoms with Crippen LogP contribution in [-0.2, 0) is 25.9 Å². The summed E-state index contributed by atoms with van der Waals surface area (Å²) >= 11 is 7.36. The van der Waals surface area contributed by atoms with Crippen LogP contribution in [0.25, 0.3) is 10.4 Å². The molecule has 0 bridgehead atoms. The zero-order valence-corrected chi connectivity index (χ0v) is 21.0. The summed E-state index contributed by atoms with van der Waals surface area (Å²) in [6.07, 6.45) is 0.288. The minimum absolute atomic E-state index is 0.277. The molecule has 2 N–H and O–H groups in total. The summed E-state index contributed by atoms with van der Waals surface area (Å²) in [5.74, 6) is -0.518. The highest BCUT2D eigenvalue weighted by atomic mass is 35.5. The van der Waals surface area contributed by atoms with Gasteiger partial charge in [-0.05, 0) is 62.6 Å². The van der Waals surface area contributed by atoms with Crippen LogP contribution in [0.5, 0.6) is 0 Å². The molecule has 5 nitrogen and oxygen atoms in total. The number of hydrogen-bond donors (Lipinski definition) is 2. The van der Waals surface area contributed by atoms with E-state index in [2.05, 4.69) is 4.72 Å². The minimum atomic E-state index is -1.69. The third kappa shape index (κ3) is 4.66. The first-order valence-electron chi connectivity index (χ1n) is 10.6. The predicted molar refractivity (Wildman–Crippen MR) is 133 cm³/mol. The number of aliphatic hydroxyl groups excluding tert-OH is 1. The van der Waals surface area contributed by atoms with Crippen LogP contribution >= 0.6 is 22.9 Å². The molecule has 1 aromatic heterocycles. The van der Waals surface area contributed by atoms with Gasteiger partial charge in [0.1, 0.15) is 26.3 Å². The standard InChI is InChI=1S/C25H26ClNO4S2/c1-23(2,3)31-22(29)25(15-24(25,16-28)18-7-5-4-6-8-18)27-33(30)21-14-13-20(32-21)17-9-11-19(26)12-10-17/h4-14,27-28H,15-16H2,1-3H3. The molecule has 3 unspecified atom stereocenters. The van der Waals surface area contributed by atoms with Crippen LogP contribution in [0.3, 0.4) is 0 Å². The van der Waals surface area contributed by atoms with Gasteiger partial charge in [0.05, 0.1) is 12.0 Å². The Morgan fingerprint density at radius 1 is 1.12 bits per heavy atom. The Morgan fingerprint density at radius 3 is 2.39 bits per heavy atom. The molecule has 3 aromatic rings. The smallest absolute Gasteiger partial charge is 0.328 e. The molecule has 1 aliphatic rings. The summed E-state index contributed by atoms with van der Waals surface area (Å²) in [5, 5.41) is 11.0. The number of hydrogen-bond acceptors (Lipinski definition) is 5. The average molecular weight is 504 g/mol. The number of aliphatic hydroxyl groups is 1. The molecule has 4 rings (SSSR count). The first-order valence-corrected chi connectivity index (χ1v) is 12.9. The van der Waals surface area contributed by atoms with Gasteiger partial charge in [-0.1, -0.05) is 54.1 Å². The van der Waals surface area contributed by atoms with Crippen molar-refractivity contribution in [2.75, 3.05) is 6.61 Å². The van der Waals surface area contributed by atoms with Gasteiger partial charge in [0.2, 0.25) is 0 Å². The highest BCUT2D eigenvalue weighted by Gasteiger charge is 2.74. The van der Waals surface area contributed by atoms with Gasteiger partial charge in [0, 0.05) is 9.90 Å². The van der Waals surface area contributed by atoms with E-state index in [1.54, 1.807) is 26.8 Å². The third-order valence-electron chi connectivity index (χ3n) is 5.76. The van der Waals surface area contributed by atoms with Crippen LogP contribution in [0, 0.1) is 0 Å². The molecule has 33 heavy (non-hydrogen) atoms. The highest BCUT2D eigenvalue weighted by molar-refractivity contribution is 7.85. The largest absolute Gasteiger partial charge is 0.459 e. The van der Waals surface area contributed by atoms with E-state index in [0.29, 0.717) is 9.23 Å². The molecule has 1 heterocycles. The van der Waals surface area contributed by atoms with Crippen LogP contribution in [0.2, 0.25) is 5.02 Å². The van der Waals surface area contributed by atoms with E-state index in [9.17, 15) is 14.1 Å². The zero-order chi connectivity index (χ0) is 23.9. The van der Waals surface area contributed by atoms with E-state index in [0.717, 1.165) is 16.0 Å². The normalized spacial score (nSPS) is 23.2. The van der Waals surface area contributed by atoms with Gasteiger partial charge in [0.25, 0.3) is 0 Å². The van der Waals surface area contributed by atoms with Crippen molar-refractivity contribution in [1.82, 2.24) is 4.72 Å². The third-order valence-corrected chi connectivity index (χ3v) is 8.68. The van der Waals surface area contributed by atoms with E-state index < -0.39 is 33.5 Å². The van der Waals surface area contributed by atoms with Crippen LogP contribution in [0.1, 0.15) is 32.8 Å². The van der Waals surface area contributed by atoms with Crippen LogP contribution in [0.15, 0.2) is 70.9 Å². The Morgan fingerprint density at radius 2 is 1.79 bits per heavy atom. The van der Waals surface area contributed by atoms with Crippen molar-refractivity contribution in [3.05, 3.63) is 77.3 Å². The summed E-state index contributed by atoms with van der Waals surface area (Å²) in [7, 11) is -1.69. The Hall–Kier alpha value is -2.03. The van der Waals surface area contributed by atoms with E-state index in [1.807, 2.05) is 60.7 Å². The Kier molecular flexibility index (Phi) is 6.55. The number of ether oxygens (including phenoxy) is 1. The molecule has 174 valence electrons. The number of benzene rings is 2. The number of rotatable bonds is 7. The van der Waals surface area contributed by atoms with Crippen molar-refractivity contribution >= 4 is 39.9 Å². The second kappa shape index (κ2) is 8.96. The van der Waals surface area contributed by atoms with E-state index in [-0.39, 0.29) is 13.0 Å². The number of halogens is 1. The van der Waals surface area contributed by atoms with Crippen molar-refractivity contribution in [2.24, 2.45) is 0 Å². The zero-order valence-electron chi connectivity index (χ0n) is 18.6. The fourth-order valence-corrected chi connectivity index (χ4v) is 6.53. The fraction of sp³-hybridized carbons (Fsp3) is 0.320. The van der Waals surface area contributed by atoms with Crippen molar-refractivity contribution in [2.45, 2.75) is 48.0 Å². The molecule has 1 aliphatic carbocycles. The highest BCUT2D eigenvalue weighted by Crippen LogP contribution is 2.59. The van der Waals surface area contributed by atoms with Crippen LogP contribution in [-0.4, -0.2) is 33.0 Å². The maximum Gasteiger partial charge on any atom is 0.328 e. The summed E-state index contributed by atoms with van der Waals surface area (Å²) in [5.41, 5.74) is -1.17. The van der Waals surface area contributed by atoms with E-state index in [4.69, 9.17) is 16.3 Å². The average Bonchev–Trinajstić information content (AvgIpc) is 3.18. The lowest BCUT2D eigenvalue weighted by molar-refractivity contribution is -0.159. The van der Waals surface area contributed by atoms with Gasteiger partial charge < -0.3 is 9.84 Å². The van der Waals surface area contributed by atoms with Crippen molar-refractivity contribution in [3.63, 3.8) is 0 Å². The maximum absolute atomic E-state index is 13.4. The molecule has 0 radical (unpaired) electrons. The molecule has 0 aliphatic heterocycles. The summed E-state index contributed by atoms with van der Waals surface area (Å²) in [4.78, 5) is 14.3. The van der Waals surface area contributed by atoms with E-state index in [1.165, 1.54) is 11.3 Å². The van der Waals surface area contributed by atoms with Crippen molar-refractivity contribution in [1.29, 1.82) is 0 Å². The van der Waals surface area contributed by atoms with E-state index >= 15 is 0 Å². The summed E-state index contributed by atoms with van der Waals surface area (Å²) in [6.45, 7) is 5.09. The first-order chi connectivity index (χ1) is 15.6.